The summed E-state index contributed by atoms with van der Waals surface area (Å²) in [7, 11) is 0. The van der Waals surface area contributed by atoms with Crippen LogP contribution in [0.25, 0.3) is 0 Å². The number of aromatic nitrogens is 1. The van der Waals surface area contributed by atoms with Crippen LogP contribution >= 0.6 is 0 Å². The molecular formula is C14H13F2NO. The zero-order valence-electron chi connectivity index (χ0n) is 9.90. The molecule has 1 aromatic carbocycles. The van der Waals surface area contributed by atoms with E-state index in [1.807, 2.05) is 0 Å². The van der Waals surface area contributed by atoms with Gasteiger partial charge in [-0.05, 0) is 30.2 Å². The van der Waals surface area contributed by atoms with Gasteiger partial charge < -0.3 is 5.11 Å². The van der Waals surface area contributed by atoms with Gasteiger partial charge in [0.15, 0.2) is 0 Å². The molecule has 2 nitrogen and oxygen atoms in total. The van der Waals surface area contributed by atoms with Gasteiger partial charge in [0.1, 0.15) is 11.6 Å². The minimum absolute atomic E-state index is 0.130. The molecule has 0 spiro atoms. The van der Waals surface area contributed by atoms with E-state index >= 15 is 0 Å². The summed E-state index contributed by atoms with van der Waals surface area (Å²) in [6.07, 6.45) is 2.08. The molecule has 0 aliphatic carbocycles. The summed E-state index contributed by atoms with van der Waals surface area (Å²) in [4.78, 5) is 3.90. The van der Waals surface area contributed by atoms with Crippen molar-refractivity contribution in [2.75, 3.05) is 0 Å². The van der Waals surface area contributed by atoms with Crippen LogP contribution in [0, 0.1) is 18.6 Å². The third kappa shape index (κ3) is 2.54. The molecule has 1 unspecified atom stereocenters. The second kappa shape index (κ2) is 5.23. The van der Waals surface area contributed by atoms with Gasteiger partial charge in [-0.2, -0.15) is 0 Å². The summed E-state index contributed by atoms with van der Waals surface area (Å²) in [5.41, 5.74) is 0.765. The van der Waals surface area contributed by atoms with Crippen LogP contribution in [0.3, 0.4) is 0 Å². The maximum absolute atomic E-state index is 13.8. The van der Waals surface area contributed by atoms with Crippen LogP contribution < -0.4 is 0 Å². The lowest BCUT2D eigenvalue weighted by molar-refractivity contribution is 0.168. The highest BCUT2D eigenvalue weighted by atomic mass is 19.1. The lowest BCUT2D eigenvalue weighted by atomic mass is 9.99. The van der Waals surface area contributed by atoms with Crippen LogP contribution in [0.5, 0.6) is 0 Å². The number of halogens is 2. The molecule has 0 fully saturated rings. The zero-order valence-corrected chi connectivity index (χ0v) is 9.90. The van der Waals surface area contributed by atoms with E-state index in [9.17, 15) is 13.9 Å². The van der Waals surface area contributed by atoms with Gasteiger partial charge in [0, 0.05) is 18.8 Å². The fourth-order valence-electron chi connectivity index (χ4n) is 1.83. The van der Waals surface area contributed by atoms with Crippen molar-refractivity contribution >= 4 is 0 Å². The molecule has 4 heteroatoms. The number of hydrogen-bond acceptors (Lipinski definition) is 2. The molecule has 0 radical (unpaired) electrons. The summed E-state index contributed by atoms with van der Waals surface area (Å²) in [6, 6.07) is 5.98. The van der Waals surface area contributed by atoms with E-state index in [4.69, 9.17) is 0 Å². The molecule has 18 heavy (non-hydrogen) atoms. The number of hydrogen-bond donors (Lipinski definition) is 1. The first-order valence-electron chi connectivity index (χ1n) is 5.61. The molecule has 1 heterocycles. The van der Waals surface area contributed by atoms with E-state index in [-0.39, 0.29) is 12.0 Å². The number of aliphatic hydroxyl groups is 1. The van der Waals surface area contributed by atoms with Gasteiger partial charge >= 0.3 is 0 Å². The average molecular weight is 249 g/mol. The van der Waals surface area contributed by atoms with Crippen molar-refractivity contribution in [2.45, 2.75) is 19.4 Å². The Balaban J connectivity index is 2.29. The number of aryl methyl sites for hydroxylation is 1. The zero-order chi connectivity index (χ0) is 13.1. The minimum Gasteiger partial charge on any atom is -0.388 e. The number of pyridine rings is 1. The Morgan fingerprint density at radius 1 is 1.28 bits per heavy atom. The van der Waals surface area contributed by atoms with Crippen LogP contribution in [-0.2, 0) is 6.42 Å². The molecule has 0 bridgehead atoms. The molecule has 1 atom stereocenters. The van der Waals surface area contributed by atoms with Gasteiger partial charge in [-0.15, -0.1) is 0 Å². The highest BCUT2D eigenvalue weighted by Gasteiger charge is 2.19. The first kappa shape index (κ1) is 12.6. The Morgan fingerprint density at radius 2 is 2.06 bits per heavy atom. The molecule has 0 saturated heterocycles. The highest BCUT2D eigenvalue weighted by Crippen LogP contribution is 2.25. The molecule has 0 amide bonds. The minimum atomic E-state index is -1.21. The van der Waals surface area contributed by atoms with E-state index in [1.54, 1.807) is 24.5 Å². The average Bonchev–Trinajstić information content (AvgIpc) is 2.36. The quantitative estimate of drug-likeness (QED) is 0.907. The summed E-state index contributed by atoms with van der Waals surface area (Å²) >= 11 is 0. The van der Waals surface area contributed by atoms with Crippen LogP contribution in [0.4, 0.5) is 8.78 Å². The second-order valence-electron chi connectivity index (χ2n) is 4.17. The standard InChI is InChI=1S/C14H13F2NO/c1-9-4-5-11(15)13(14(9)16)12(18)7-10-3-2-6-17-8-10/h2-6,8,12,18H,7H2,1H3. The van der Waals surface area contributed by atoms with E-state index < -0.39 is 17.7 Å². The van der Waals surface area contributed by atoms with Gasteiger partial charge in [0.25, 0.3) is 0 Å². The fourth-order valence-corrected chi connectivity index (χ4v) is 1.83. The van der Waals surface area contributed by atoms with Crippen LogP contribution in [0.1, 0.15) is 22.8 Å². The smallest absolute Gasteiger partial charge is 0.134 e. The lowest BCUT2D eigenvalue weighted by Crippen LogP contribution is -2.08. The predicted octanol–water partition coefficient (Wildman–Crippen LogP) is 2.94. The topological polar surface area (TPSA) is 33.1 Å². The first-order valence-corrected chi connectivity index (χ1v) is 5.61. The van der Waals surface area contributed by atoms with Crippen molar-refractivity contribution in [3.8, 4) is 0 Å². The van der Waals surface area contributed by atoms with Crippen LogP contribution in [-0.4, -0.2) is 10.1 Å². The molecule has 0 saturated carbocycles. The van der Waals surface area contributed by atoms with Crippen LogP contribution in [0.15, 0.2) is 36.7 Å². The molecule has 1 N–H and O–H groups in total. The van der Waals surface area contributed by atoms with Crippen molar-refractivity contribution in [1.29, 1.82) is 0 Å². The molecule has 2 rings (SSSR count). The number of benzene rings is 1. The molecular weight excluding hydrogens is 236 g/mol. The fraction of sp³-hybridized carbons (Fsp3) is 0.214. The number of nitrogens with zero attached hydrogens (tertiary/aromatic N) is 1. The van der Waals surface area contributed by atoms with Gasteiger partial charge in [-0.3, -0.25) is 4.98 Å². The Hall–Kier alpha value is -1.81. The molecule has 0 aliphatic rings. The van der Waals surface area contributed by atoms with Crippen molar-refractivity contribution in [3.63, 3.8) is 0 Å². The van der Waals surface area contributed by atoms with Gasteiger partial charge in [-0.1, -0.05) is 12.1 Å². The Bertz CT molecular complexity index is 543. The van der Waals surface area contributed by atoms with Crippen molar-refractivity contribution in [2.24, 2.45) is 0 Å². The van der Waals surface area contributed by atoms with Crippen LogP contribution in [0.2, 0.25) is 0 Å². The third-order valence-electron chi connectivity index (χ3n) is 2.80. The van der Waals surface area contributed by atoms with Crippen molar-refractivity contribution in [3.05, 3.63) is 65.0 Å². The summed E-state index contributed by atoms with van der Waals surface area (Å²) in [6.45, 7) is 1.54. The van der Waals surface area contributed by atoms with Gasteiger partial charge in [0.2, 0.25) is 0 Å². The first-order chi connectivity index (χ1) is 8.59. The maximum Gasteiger partial charge on any atom is 0.134 e. The second-order valence-corrected chi connectivity index (χ2v) is 4.17. The Labute approximate surface area is 104 Å². The summed E-state index contributed by atoms with van der Waals surface area (Å²) < 4.78 is 27.4. The molecule has 0 aliphatic heterocycles. The summed E-state index contributed by atoms with van der Waals surface area (Å²) in [5, 5.41) is 9.95. The van der Waals surface area contributed by atoms with E-state index in [1.165, 1.54) is 19.1 Å². The number of rotatable bonds is 3. The largest absolute Gasteiger partial charge is 0.388 e. The maximum atomic E-state index is 13.8. The third-order valence-corrected chi connectivity index (χ3v) is 2.80. The summed E-state index contributed by atoms with van der Waals surface area (Å²) in [5.74, 6) is -1.42. The Kier molecular flexibility index (Phi) is 3.67. The highest BCUT2D eigenvalue weighted by molar-refractivity contribution is 5.29. The van der Waals surface area contributed by atoms with E-state index in [0.717, 1.165) is 5.56 Å². The molecule has 94 valence electrons. The van der Waals surface area contributed by atoms with E-state index in [2.05, 4.69) is 4.98 Å². The molecule has 1 aromatic heterocycles. The van der Waals surface area contributed by atoms with Gasteiger partial charge in [0.05, 0.1) is 11.7 Å². The predicted molar refractivity (Wildman–Crippen MR) is 64.0 cm³/mol. The monoisotopic (exact) mass is 249 g/mol. The van der Waals surface area contributed by atoms with Crippen molar-refractivity contribution in [1.82, 2.24) is 4.98 Å². The SMILES string of the molecule is Cc1ccc(F)c(C(O)Cc2cccnc2)c1F. The van der Waals surface area contributed by atoms with E-state index in [0.29, 0.717) is 5.56 Å². The lowest BCUT2D eigenvalue weighted by Gasteiger charge is -2.14. The Morgan fingerprint density at radius 3 is 2.72 bits per heavy atom. The molecule has 2 aromatic rings. The normalized spacial score (nSPS) is 12.4. The van der Waals surface area contributed by atoms with Crippen molar-refractivity contribution < 1.29 is 13.9 Å². The van der Waals surface area contributed by atoms with Gasteiger partial charge in [-0.25, -0.2) is 8.78 Å². The number of aliphatic hydroxyl groups excluding tert-OH is 1.